The second-order valence-electron chi connectivity index (χ2n) is 15.2. The minimum Gasteiger partial charge on any atom is -0.398 e. The number of pyridine rings is 4. The first-order valence-electron chi connectivity index (χ1n) is 18.6. The van der Waals surface area contributed by atoms with Gasteiger partial charge in [-0.2, -0.15) is 0 Å². The Morgan fingerprint density at radius 2 is 1.04 bits per heavy atom. The van der Waals surface area contributed by atoms with Gasteiger partial charge in [0.25, 0.3) is 0 Å². The van der Waals surface area contributed by atoms with E-state index in [1.54, 1.807) is 12.4 Å². The van der Waals surface area contributed by atoms with Gasteiger partial charge >= 0.3 is 0 Å². The summed E-state index contributed by atoms with van der Waals surface area (Å²) >= 11 is 0. The number of carbonyl (C=O) groups excluding carboxylic acids is 2. The van der Waals surface area contributed by atoms with Crippen LogP contribution < -0.4 is 32.7 Å². The molecule has 8 N–H and O–H groups in total. The van der Waals surface area contributed by atoms with Gasteiger partial charge in [-0.15, -0.1) is 0 Å². The Morgan fingerprint density at radius 1 is 0.611 bits per heavy atom. The lowest BCUT2D eigenvalue weighted by Crippen LogP contribution is -2.14. The molecule has 0 unspecified atom stereocenters. The number of rotatable bonds is 6. The first kappa shape index (κ1) is 33.5. The molecule has 2 aromatic carbocycles. The number of nitrogens with zero attached hydrogens (tertiary/aromatic N) is 4. The molecule has 0 radical (unpaired) electrons. The van der Waals surface area contributed by atoms with Crippen LogP contribution in [0.5, 0.6) is 0 Å². The summed E-state index contributed by atoms with van der Waals surface area (Å²) in [4.78, 5) is 41.6. The molecule has 4 aliphatic rings. The van der Waals surface area contributed by atoms with E-state index in [4.69, 9.17) is 11.5 Å². The Morgan fingerprint density at radius 3 is 1.44 bits per heavy atom. The lowest BCUT2D eigenvalue weighted by molar-refractivity contribution is -0.118. The third-order valence-electron chi connectivity index (χ3n) is 10.7. The molecule has 6 aromatic rings. The summed E-state index contributed by atoms with van der Waals surface area (Å²) in [5, 5.41) is 16.4. The minimum absolute atomic E-state index is 0.0520. The van der Waals surface area contributed by atoms with E-state index in [0.717, 1.165) is 93.7 Å². The van der Waals surface area contributed by atoms with Crippen molar-refractivity contribution in [3.63, 3.8) is 0 Å². The Kier molecular flexibility index (Phi) is 8.25. The Bertz CT molecular complexity index is 2320. The normalized spacial score (nSPS) is 18.2. The monoisotopic (exact) mass is 718 g/mol. The standard InChI is InChI=1S/2C21H21N5O/c2*1-11-4-15-16(8-23-10-19(15)25-11)13-5-14-7-20(26-21(27)12-2-3-12)24-9-17(14)18(22)6-13/h2*5-12,25H,2-4,22H2,1H3,(H,24,26,27)/t2*11-/m10/s1. The highest BCUT2D eigenvalue weighted by molar-refractivity contribution is 6.02. The van der Waals surface area contributed by atoms with Gasteiger partial charge in [0.1, 0.15) is 11.6 Å². The molecule has 0 spiro atoms. The molecule has 2 amide bonds. The second kappa shape index (κ2) is 13.3. The number of hydrogen-bond donors (Lipinski definition) is 6. The first-order valence-corrected chi connectivity index (χ1v) is 18.6. The smallest absolute Gasteiger partial charge is 0.228 e. The Hall–Kier alpha value is -6.30. The van der Waals surface area contributed by atoms with E-state index in [9.17, 15) is 9.59 Å². The van der Waals surface area contributed by atoms with Crippen LogP contribution in [-0.4, -0.2) is 43.8 Å². The summed E-state index contributed by atoms with van der Waals surface area (Å²) < 4.78 is 0. The van der Waals surface area contributed by atoms with E-state index in [-0.39, 0.29) is 23.7 Å². The maximum atomic E-state index is 12.0. The summed E-state index contributed by atoms with van der Waals surface area (Å²) in [6.07, 6.45) is 16.8. The topological polar surface area (TPSA) is 186 Å². The highest BCUT2D eigenvalue weighted by Gasteiger charge is 2.31. The molecule has 2 aliphatic carbocycles. The average molecular weight is 719 g/mol. The Balaban J connectivity index is 0.000000142. The molecular weight excluding hydrogens is 677 g/mol. The van der Waals surface area contributed by atoms with Gasteiger partial charge in [0.15, 0.2) is 0 Å². The zero-order valence-electron chi connectivity index (χ0n) is 30.2. The maximum Gasteiger partial charge on any atom is 0.228 e. The van der Waals surface area contributed by atoms with Crippen LogP contribution in [0.15, 0.2) is 73.6 Å². The number of hydrogen-bond acceptors (Lipinski definition) is 10. The number of nitrogens with one attached hydrogen (secondary N) is 4. The van der Waals surface area contributed by atoms with Gasteiger partial charge in [-0.1, -0.05) is 0 Å². The Labute approximate surface area is 312 Å². The van der Waals surface area contributed by atoms with Crippen molar-refractivity contribution in [2.24, 2.45) is 11.8 Å². The average Bonchev–Trinajstić information content (AvgIpc) is 4.09. The first-order chi connectivity index (χ1) is 26.2. The number of anilines is 6. The van der Waals surface area contributed by atoms with Crippen LogP contribution in [0.3, 0.4) is 0 Å². The predicted octanol–water partition coefficient (Wildman–Crippen LogP) is 7.17. The van der Waals surface area contributed by atoms with E-state index >= 15 is 0 Å². The zero-order valence-corrected chi connectivity index (χ0v) is 30.2. The molecule has 2 saturated carbocycles. The van der Waals surface area contributed by atoms with Crippen molar-refractivity contribution >= 4 is 67.7 Å². The molecule has 6 heterocycles. The summed E-state index contributed by atoms with van der Waals surface area (Å²) in [5.74, 6) is 1.54. The SMILES string of the molecule is C[C@@H]1Cc2c(cncc2-c2cc(N)c3cnc(NC(=O)C4CC4)cc3c2)N1.C[C@H]1Cc2c(cncc2-c2cc(N)c3cnc(NC(=O)C4CC4)cc3c2)N1. The van der Waals surface area contributed by atoms with Crippen molar-refractivity contribution in [3.05, 3.63) is 84.7 Å². The van der Waals surface area contributed by atoms with Crippen LogP contribution in [0, 0.1) is 11.8 Å². The van der Waals surface area contributed by atoms with Crippen molar-refractivity contribution < 1.29 is 9.59 Å². The van der Waals surface area contributed by atoms with Crippen LogP contribution in [0.1, 0.15) is 50.7 Å². The van der Waals surface area contributed by atoms with Crippen molar-refractivity contribution in [3.8, 4) is 22.3 Å². The molecule has 12 heteroatoms. The highest BCUT2D eigenvalue weighted by Crippen LogP contribution is 2.39. The molecular formula is C42H42N10O2. The van der Waals surface area contributed by atoms with Crippen molar-refractivity contribution in [1.29, 1.82) is 0 Å². The van der Waals surface area contributed by atoms with Crippen LogP contribution in [0.4, 0.5) is 34.4 Å². The van der Waals surface area contributed by atoms with Gasteiger partial charge in [-0.25, -0.2) is 9.97 Å². The minimum atomic E-state index is 0.0520. The quantitative estimate of drug-likeness (QED) is 0.0965. The summed E-state index contributed by atoms with van der Waals surface area (Å²) in [5.41, 5.74) is 22.9. The highest BCUT2D eigenvalue weighted by atomic mass is 16.2. The van der Waals surface area contributed by atoms with Crippen LogP contribution >= 0.6 is 0 Å². The largest absolute Gasteiger partial charge is 0.398 e. The second-order valence-corrected chi connectivity index (χ2v) is 15.2. The van der Waals surface area contributed by atoms with Crippen molar-refractivity contribution in [2.75, 3.05) is 32.7 Å². The fourth-order valence-electron chi connectivity index (χ4n) is 7.57. The molecule has 4 aromatic heterocycles. The number of nitrogen functional groups attached to an aromatic ring is 2. The predicted molar refractivity (Wildman–Crippen MR) is 215 cm³/mol. The number of benzene rings is 2. The van der Waals surface area contributed by atoms with Gasteiger partial charge in [-0.3, -0.25) is 19.6 Å². The van der Waals surface area contributed by atoms with E-state index in [0.29, 0.717) is 35.1 Å². The molecule has 0 saturated heterocycles. The van der Waals surface area contributed by atoms with E-state index in [1.165, 1.54) is 11.1 Å². The van der Waals surface area contributed by atoms with Gasteiger partial charge in [0, 0.05) is 82.0 Å². The molecule has 2 aliphatic heterocycles. The van der Waals surface area contributed by atoms with E-state index in [1.807, 2.05) is 49.1 Å². The molecule has 272 valence electrons. The zero-order chi connectivity index (χ0) is 37.1. The number of aromatic nitrogens is 4. The lowest BCUT2D eigenvalue weighted by Gasteiger charge is -2.11. The van der Waals surface area contributed by atoms with Crippen LogP contribution in [0.25, 0.3) is 43.8 Å². The molecule has 2 atom stereocenters. The fourth-order valence-corrected chi connectivity index (χ4v) is 7.57. The molecule has 0 bridgehead atoms. The molecule has 54 heavy (non-hydrogen) atoms. The molecule has 10 rings (SSSR count). The summed E-state index contributed by atoms with van der Waals surface area (Å²) in [6, 6.07) is 12.7. The molecule has 12 nitrogen and oxygen atoms in total. The lowest BCUT2D eigenvalue weighted by atomic mass is 9.96. The van der Waals surface area contributed by atoms with Crippen molar-refractivity contribution in [1.82, 2.24) is 19.9 Å². The summed E-state index contributed by atoms with van der Waals surface area (Å²) in [7, 11) is 0. The van der Waals surface area contributed by atoms with Gasteiger partial charge in [0.2, 0.25) is 11.8 Å². The number of carbonyl (C=O) groups is 2. The van der Waals surface area contributed by atoms with Gasteiger partial charge in [0.05, 0.1) is 23.8 Å². The van der Waals surface area contributed by atoms with E-state index < -0.39 is 0 Å². The number of fused-ring (bicyclic) bond motifs is 4. The van der Waals surface area contributed by atoms with Gasteiger partial charge in [-0.05, 0) is 122 Å². The molecule has 2 fully saturated rings. The van der Waals surface area contributed by atoms with Crippen LogP contribution in [0.2, 0.25) is 0 Å². The summed E-state index contributed by atoms with van der Waals surface area (Å²) in [6.45, 7) is 4.33. The van der Waals surface area contributed by atoms with Crippen molar-refractivity contribution in [2.45, 2.75) is 64.5 Å². The maximum absolute atomic E-state index is 12.0. The number of amides is 2. The van der Waals surface area contributed by atoms with Gasteiger partial charge < -0.3 is 32.7 Å². The third kappa shape index (κ3) is 6.59. The van der Waals surface area contributed by atoms with Crippen LogP contribution in [-0.2, 0) is 22.4 Å². The van der Waals surface area contributed by atoms with E-state index in [2.05, 4.69) is 67.2 Å². The third-order valence-corrected chi connectivity index (χ3v) is 10.7. The fraction of sp³-hybridized carbons (Fsp3) is 0.286. The number of nitrogens with two attached hydrogens (primary N) is 2.